The van der Waals surface area contributed by atoms with Crippen molar-refractivity contribution < 1.29 is 14.6 Å². The summed E-state index contributed by atoms with van der Waals surface area (Å²) in [5, 5.41) is 8.49. The third kappa shape index (κ3) is 18.5. The summed E-state index contributed by atoms with van der Waals surface area (Å²) in [6.45, 7) is 2.21. The Bertz CT molecular complexity index is 316. The van der Waals surface area contributed by atoms with Crippen LogP contribution in [-0.4, -0.2) is 11.1 Å². The zero-order valence-corrected chi connectivity index (χ0v) is 13.3. The number of hydrogen-bond donors (Lipinski definition) is 1. The first kappa shape index (κ1) is 19.5. The molecule has 0 aromatic carbocycles. The van der Waals surface area contributed by atoms with Crippen LogP contribution in [-0.2, 0) is 9.53 Å². The van der Waals surface area contributed by atoms with E-state index in [1.165, 1.54) is 19.3 Å². The van der Waals surface area contributed by atoms with Gasteiger partial charge < -0.3 is 9.84 Å². The summed E-state index contributed by atoms with van der Waals surface area (Å²) >= 11 is 0. The molecule has 3 nitrogen and oxygen atoms in total. The number of aliphatic carboxylic acids is 1. The predicted octanol–water partition coefficient (Wildman–Crippen LogP) is 5.59. The molecule has 0 aliphatic rings. The van der Waals surface area contributed by atoms with E-state index in [1.54, 1.807) is 12.5 Å². The number of unbranched alkanes of at least 4 members (excludes halogenated alkanes) is 7. The molecule has 0 amide bonds. The van der Waals surface area contributed by atoms with Crippen molar-refractivity contribution in [3.63, 3.8) is 0 Å². The number of rotatable bonds is 14. The third-order valence-corrected chi connectivity index (χ3v) is 3.06. The fourth-order valence-corrected chi connectivity index (χ4v) is 1.84. The van der Waals surface area contributed by atoms with Crippen LogP contribution < -0.4 is 0 Å². The van der Waals surface area contributed by atoms with Crippen molar-refractivity contribution in [1.82, 2.24) is 0 Å². The van der Waals surface area contributed by atoms with Crippen molar-refractivity contribution in [2.45, 2.75) is 71.1 Å². The minimum Gasteiger partial charge on any atom is -0.481 e. The van der Waals surface area contributed by atoms with E-state index in [0.717, 1.165) is 38.5 Å². The van der Waals surface area contributed by atoms with E-state index >= 15 is 0 Å². The summed E-state index contributed by atoms with van der Waals surface area (Å²) in [7, 11) is 0. The monoisotopic (exact) mass is 294 g/mol. The fourth-order valence-electron chi connectivity index (χ4n) is 1.84. The van der Waals surface area contributed by atoms with Gasteiger partial charge >= 0.3 is 5.97 Å². The van der Waals surface area contributed by atoms with Gasteiger partial charge in [-0.2, -0.15) is 0 Å². The Labute approximate surface area is 129 Å². The molecule has 0 spiro atoms. The Morgan fingerprint density at radius 1 is 0.905 bits per heavy atom. The van der Waals surface area contributed by atoms with Crippen molar-refractivity contribution in [3.8, 4) is 0 Å². The Hall–Kier alpha value is -1.51. The highest BCUT2D eigenvalue weighted by Gasteiger charge is 1.95. The number of carbonyl (C=O) groups is 1. The van der Waals surface area contributed by atoms with E-state index < -0.39 is 5.97 Å². The highest BCUT2D eigenvalue weighted by atomic mass is 16.5. The first-order valence-corrected chi connectivity index (χ1v) is 8.11. The van der Waals surface area contributed by atoms with E-state index in [0.29, 0.717) is 0 Å². The fraction of sp³-hybridized carbons (Fsp3) is 0.611. The molecule has 1 N–H and O–H groups in total. The van der Waals surface area contributed by atoms with Crippen LogP contribution in [0.1, 0.15) is 71.1 Å². The zero-order valence-electron chi connectivity index (χ0n) is 13.3. The Balaban J connectivity index is 3.30. The summed E-state index contributed by atoms with van der Waals surface area (Å²) in [5.41, 5.74) is 0. The van der Waals surface area contributed by atoms with Crippen LogP contribution in [0.15, 0.2) is 36.8 Å². The lowest BCUT2D eigenvalue weighted by Crippen LogP contribution is -1.93. The van der Waals surface area contributed by atoms with Gasteiger partial charge in [-0.1, -0.05) is 44.8 Å². The molecule has 0 heterocycles. The maximum absolute atomic E-state index is 10.3. The first-order valence-electron chi connectivity index (χ1n) is 8.11. The largest absolute Gasteiger partial charge is 0.481 e. The SMILES string of the molecule is CCCCC/C=C/C=C/O/C=C/CCCCCCC(=O)O. The molecule has 0 saturated heterocycles. The van der Waals surface area contributed by atoms with Crippen molar-refractivity contribution in [2.24, 2.45) is 0 Å². The first-order chi connectivity index (χ1) is 10.3. The summed E-state index contributed by atoms with van der Waals surface area (Å²) in [6.07, 6.45) is 21.6. The van der Waals surface area contributed by atoms with Crippen molar-refractivity contribution in [3.05, 3.63) is 36.8 Å². The molecule has 0 radical (unpaired) electrons. The lowest BCUT2D eigenvalue weighted by molar-refractivity contribution is -0.137. The van der Waals surface area contributed by atoms with Crippen LogP contribution in [0.3, 0.4) is 0 Å². The van der Waals surface area contributed by atoms with E-state index in [1.807, 2.05) is 18.2 Å². The standard InChI is InChI=1S/C18H30O3/c1-2-3-4-5-7-10-13-16-21-17-14-11-8-6-9-12-15-18(19)20/h7,10,13-14,16-17H,2-6,8-9,11-12,15H2,1H3,(H,19,20)/b10-7+,16-13+,17-14+. The Morgan fingerprint density at radius 3 is 2.38 bits per heavy atom. The smallest absolute Gasteiger partial charge is 0.303 e. The van der Waals surface area contributed by atoms with Gasteiger partial charge in [-0.05, 0) is 44.3 Å². The van der Waals surface area contributed by atoms with Crippen LogP contribution in [0, 0.1) is 0 Å². The van der Waals surface area contributed by atoms with Gasteiger partial charge in [0, 0.05) is 6.42 Å². The average molecular weight is 294 g/mol. The van der Waals surface area contributed by atoms with Gasteiger partial charge in [-0.15, -0.1) is 0 Å². The maximum atomic E-state index is 10.3. The molecule has 21 heavy (non-hydrogen) atoms. The molecule has 120 valence electrons. The van der Waals surface area contributed by atoms with Gasteiger partial charge in [0.2, 0.25) is 0 Å². The number of hydrogen-bond acceptors (Lipinski definition) is 2. The molecule has 0 bridgehead atoms. The highest BCUT2D eigenvalue weighted by molar-refractivity contribution is 5.66. The molecule has 0 aromatic rings. The predicted molar refractivity (Wildman–Crippen MR) is 88.0 cm³/mol. The molecule has 0 fully saturated rings. The number of allylic oxidation sites excluding steroid dienone is 4. The van der Waals surface area contributed by atoms with Crippen LogP contribution in [0.2, 0.25) is 0 Å². The second-order valence-electron chi connectivity index (χ2n) is 5.11. The van der Waals surface area contributed by atoms with E-state index in [4.69, 9.17) is 9.84 Å². The van der Waals surface area contributed by atoms with Gasteiger partial charge in [-0.3, -0.25) is 4.79 Å². The zero-order chi connectivity index (χ0) is 15.6. The molecule has 0 aromatic heterocycles. The van der Waals surface area contributed by atoms with Gasteiger partial charge in [0.15, 0.2) is 0 Å². The van der Waals surface area contributed by atoms with E-state index in [-0.39, 0.29) is 6.42 Å². The third-order valence-electron chi connectivity index (χ3n) is 3.06. The van der Waals surface area contributed by atoms with Crippen LogP contribution in [0.25, 0.3) is 0 Å². The lowest BCUT2D eigenvalue weighted by atomic mass is 10.1. The van der Waals surface area contributed by atoms with Crippen molar-refractivity contribution in [1.29, 1.82) is 0 Å². The number of carboxylic acids is 1. The second kappa shape index (κ2) is 16.5. The molecular weight excluding hydrogens is 264 g/mol. The molecule has 0 unspecified atom stereocenters. The Kier molecular flexibility index (Phi) is 15.4. The molecule has 0 atom stereocenters. The summed E-state index contributed by atoms with van der Waals surface area (Å²) in [5.74, 6) is -0.700. The molecule has 0 aliphatic heterocycles. The highest BCUT2D eigenvalue weighted by Crippen LogP contribution is 2.06. The van der Waals surface area contributed by atoms with E-state index in [9.17, 15) is 4.79 Å². The van der Waals surface area contributed by atoms with Crippen molar-refractivity contribution in [2.75, 3.05) is 0 Å². The van der Waals surface area contributed by atoms with Crippen LogP contribution >= 0.6 is 0 Å². The Morgan fingerprint density at radius 2 is 1.62 bits per heavy atom. The van der Waals surface area contributed by atoms with E-state index in [2.05, 4.69) is 13.0 Å². The van der Waals surface area contributed by atoms with Gasteiger partial charge in [-0.25, -0.2) is 0 Å². The quantitative estimate of drug-likeness (QED) is 0.258. The summed E-state index contributed by atoms with van der Waals surface area (Å²) < 4.78 is 5.23. The molecule has 0 rings (SSSR count). The molecule has 0 aliphatic carbocycles. The van der Waals surface area contributed by atoms with Crippen LogP contribution in [0.4, 0.5) is 0 Å². The maximum Gasteiger partial charge on any atom is 0.303 e. The molecule has 0 saturated carbocycles. The average Bonchev–Trinajstić information content (AvgIpc) is 2.46. The normalized spacial score (nSPS) is 11.9. The van der Waals surface area contributed by atoms with Gasteiger partial charge in [0.05, 0.1) is 12.5 Å². The second-order valence-corrected chi connectivity index (χ2v) is 5.11. The topological polar surface area (TPSA) is 46.5 Å². The minimum absolute atomic E-state index is 0.287. The summed E-state index contributed by atoms with van der Waals surface area (Å²) in [4.78, 5) is 10.3. The number of ether oxygens (including phenoxy) is 1. The van der Waals surface area contributed by atoms with Gasteiger partial charge in [0.25, 0.3) is 0 Å². The number of carboxylic acid groups (broad SMARTS) is 1. The summed E-state index contributed by atoms with van der Waals surface area (Å²) in [6, 6.07) is 0. The minimum atomic E-state index is -0.700. The lowest BCUT2D eigenvalue weighted by Gasteiger charge is -1.96. The van der Waals surface area contributed by atoms with Crippen molar-refractivity contribution >= 4 is 5.97 Å². The molecule has 3 heteroatoms. The molecular formula is C18H30O3. The van der Waals surface area contributed by atoms with Crippen LogP contribution in [0.5, 0.6) is 0 Å². The van der Waals surface area contributed by atoms with Gasteiger partial charge in [0.1, 0.15) is 0 Å².